The van der Waals surface area contributed by atoms with Crippen LogP contribution in [0.15, 0.2) is 76.3 Å². The van der Waals surface area contributed by atoms with Crippen molar-refractivity contribution in [2.24, 2.45) is 5.10 Å². The predicted molar refractivity (Wildman–Crippen MR) is 126 cm³/mol. The van der Waals surface area contributed by atoms with Crippen LogP contribution in [0.1, 0.15) is 11.1 Å². The van der Waals surface area contributed by atoms with Gasteiger partial charge in [0.1, 0.15) is 12.4 Å². The topological polar surface area (TPSA) is 79.8 Å². The lowest BCUT2D eigenvalue weighted by atomic mass is 10.2. The number of benzene rings is 3. The number of carbonyl (C=O) groups is 2. The SMILES string of the molecule is O=C(NN=Cc1ccccc1OCc1ccc(Br)cc1)C(=O)Nc1cccc(Cl)c1Cl. The summed E-state index contributed by atoms with van der Waals surface area (Å²) in [5, 5.41) is 6.63. The Morgan fingerprint density at radius 2 is 1.71 bits per heavy atom. The van der Waals surface area contributed by atoms with Crippen LogP contribution in [0.5, 0.6) is 5.75 Å². The molecule has 0 saturated carbocycles. The lowest BCUT2D eigenvalue weighted by molar-refractivity contribution is -0.136. The zero-order valence-electron chi connectivity index (χ0n) is 15.9. The number of amides is 2. The molecule has 0 unspecified atom stereocenters. The molecule has 9 heteroatoms. The van der Waals surface area contributed by atoms with E-state index in [1.807, 2.05) is 36.4 Å². The maximum Gasteiger partial charge on any atom is 0.329 e. The predicted octanol–water partition coefficient (Wildman–Crippen LogP) is 5.42. The smallest absolute Gasteiger partial charge is 0.329 e. The molecule has 0 aliphatic heterocycles. The van der Waals surface area contributed by atoms with Crippen molar-refractivity contribution in [3.63, 3.8) is 0 Å². The van der Waals surface area contributed by atoms with Crippen LogP contribution < -0.4 is 15.5 Å². The highest BCUT2D eigenvalue weighted by molar-refractivity contribution is 9.10. The highest BCUT2D eigenvalue weighted by atomic mass is 79.9. The van der Waals surface area contributed by atoms with E-state index in [0.29, 0.717) is 17.9 Å². The fraction of sp³-hybridized carbons (Fsp3) is 0.0455. The number of nitrogens with one attached hydrogen (secondary N) is 2. The fourth-order valence-electron chi connectivity index (χ4n) is 2.45. The van der Waals surface area contributed by atoms with E-state index in [-0.39, 0.29) is 15.7 Å². The molecular weight excluding hydrogens is 505 g/mol. The molecule has 0 aliphatic rings. The second kappa shape index (κ2) is 10.9. The zero-order chi connectivity index (χ0) is 22.2. The lowest BCUT2D eigenvalue weighted by Gasteiger charge is -2.09. The van der Waals surface area contributed by atoms with E-state index in [2.05, 4.69) is 31.8 Å². The number of hydrogen-bond acceptors (Lipinski definition) is 4. The molecule has 158 valence electrons. The van der Waals surface area contributed by atoms with Crippen LogP contribution in [0.3, 0.4) is 0 Å². The van der Waals surface area contributed by atoms with Gasteiger partial charge >= 0.3 is 11.8 Å². The third kappa shape index (κ3) is 6.55. The van der Waals surface area contributed by atoms with Gasteiger partial charge in [-0.15, -0.1) is 0 Å². The molecule has 0 heterocycles. The molecule has 0 aromatic heterocycles. The molecule has 2 N–H and O–H groups in total. The van der Waals surface area contributed by atoms with Gasteiger partial charge in [-0.25, -0.2) is 5.43 Å². The van der Waals surface area contributed by atoms with E-state index in [4.69, 9.17) is 27.9 Å². The minimum absolute atomic E-state index is 0.144. The van der Waals surface area contributed by atoms with Gasteiger partial charge in [0.2, 0.25) is 0 Å². The summed E-state index contributed by atoms with van der Waals surface area (Å²) in [6.07, 6.45) is 1.40. The van der Waals surface area contributed by atoms with E-state index in [0.717, 1.165) is 10.0 Å². The van der Waals surface area contributed by atoms with Crippen molar-refractivity contribution in [3.05, 3.63) is 92.4 Å². The Bertz CT molecular complexity index is 1120. The van der Waals surface area contributed by atoms with Gasteiger partial charge in [0.05, 0.1) is 21.9 Å². The van der Waals surface area contributed by atoms with Gasteiger partial charge in [-0.05, 0) is 42.0 Å². The number of anilines is 1. The molecule has 0 aliphatic carbocycles. The third-order valence-corrected chi connectivity index (χ3v) is 5.35. The van der Waals surface area contributed by atoms with Gasteiger partial charge in [-0.1, -0.05) is 69.5 Å². The second-order valence-electron chi connectivity index (χ2n) is 6.21. The molecule has 3 rings (SSSR count). The van der Waals surface area contributed by atoms with Crippen molar-refractivity contribution in [1.29, 1.82) is 0 Å². The fourth-order valence-corrected chi connectivity index (χ4v) is 3.06. The summed E-state index contributed by atoms with van der Waals surface area (Å²) in [6, 6.07) is 19.7. The van der Waals surface area contributed by atoms with E-state index >= 15 is 0 Å². The van der Waals surface area contributed by atoms with Crippen molar-refractivity contribution < 1.29 is 14.3 Å². The van der Waals surface area contributed by atoms with E-state index in [1.165, 1.54) is 12.3 Å². The first kappa shape index (κ1) is 22.8. The summed E-state index contributed by atoms with van der Waals surface area (Å²) >= 11 is 15.3. The Hall–Kier alpha value is -2.87. The minimum atomic E-state index is -0.958. The number of para-hydroxylation sites is 1. The Kier molecular flexibility index (Phi) is 8.06. The Labute approximate surface area is 197 Å². The molecule has 0 bridgehead atoms. The summed E-state index contributed by atoms with van der Waals surface area (Å²) in [7, 11) is 0. The van der Waals surface area contributed by atoms with Crippen molar-refractivity contribution in [3.8, 4) is 5.75 Å². The zero-order valence-corrected chi connectivity index (χ0v) is 19.0. The van der Waals surface area contributed by atoms with Gasteiger partial charge in [0.25, 0.3) is 0 Å². The summed E-state index contributed by atoms with van der Waals surface area (Å²) in [6.45, 7) is 0.368. The van der Waals surface area contributed by atoms with Crippen LogP contribution in [-0.4, -0.2) is 18.0 Å². The van der Waals surface area contributed by atoms with Gasteiger partial charge in [-0.3, -0.25) is 9.59 Å². The molecule has 6 nitrogen and oxygen atoms in total. The molecule has 0 atom stereocenters. The van der Waals surface area contributed by atoms with Gasteiger partial charge in [0.15, 0.2) is 0 Å². The Morgan fingerprint density at radius 1 is 0.968 bits per heavy atom. The molecule has 0 spiro atoms. The van der Waals surface area contributed by atoms with Crippen molar-refractivity contribution in [1.82, 2.24) is 5.43 Å². The summed E-state index contributed by atoms with van der Waals surface area (Å²) in [5.74, 6) is -1.31. The van der Waals surface area contributed by atoms with Gasteiger partial charge in [-0.2, -0.15) is 5.10 Å². The average molecular weight is 521 g/mol. The van der Waals surface area contributed by atoms with Crippen LogP contribution in [0.2, 0.25) is 10.0 Å². The summed E-state index contributed by atoms with van der Waals surface area (Å²) in [4.78, 5) is 24.1. The lowest BCUT2D eigenvalue weighted by Crippen LogP contribution is -2.32. The van der Waals surface area contributed by atoms with Crippen LogP contribution in [0, 0.1) is 0 Å². The molecule has 0 fully saturated rings. The number of nitrogens with zero attached hydrogens (tertiary/aromatic N) is 1. The monoisotopic (exact) mass is 519 g/mol. The molecule has 0 radical (unpaired) electrons. The Balaban J connectivity index is 1.58. The highest BCUT2D eigenvalue weighted by Crippen LogP contribution is 2.29. The molecule has 31 heavy (non-hydrogen) atoms. The maximum atomic E-state index is 12.0. The van der Waals surface area contributed by atoms with Crippen LogP contribution in [0.4, 0.5) is 5.69 Å². The first-order valence-corrected chi connectivity index (χ1v) is 10.5. The molecule has 3 aromatic carbocycles. The van der Waals surface area contributed by atoms with Crippen molar-refractivity contribution in [2.75, 3.05) is 5.32 Å². The number of rotatable bonds is 6. The number of hydrogen-bond donors (Lipinski definition) is 2. The third-order valence-electron chi connectivity index (χ3n) is 4.00. The maximum absolute atomic E-state index is 12.0. The second-order valence-corrected chi connectivity index (χ2v) is 7.91. The molecular formula is C22H16BrCl2N3O3. The summed E-state index contributed by atoms with van der Waals surface area (Å²) in [5.41, 5.74) is 4.04. The van der Waals surface area contributed by atoms with E-state index in [1.54, 1.807) is 24.3 Å². The summed E-state index contributed by atoms with van der Waals surface area (Å²) < 4.78 is 6.83. The van der Waals surface area contributed by atoms with Crippen molar-refractivity contribution >= 4 is 62.8 Å². The number of carbonyl (C=O) groups excluding carboxylic acids is 2. The molecule has 3 aromatic rings. The standard InChI is InChI=1S/C22H16BrCl2N3O3/c23-16-10-8-14(9-11-16)13-31-19-7-2-1-4-15(19)12-26-28-22(30)21(29)27-18-6-3-5-17(24)20(18)25/h1-12H,13H2,(H,27,29)(H,28,30). The molecule has 0 saturated heterocycles. The average Bonchev–Trinajstić information content (AvgIpc) is 2.77. The first-order valence-electron chi connectivity index (χ1n) is 8.98. The van der Waals surface area contributed by atoms with Crippen LogP contribution >= 0.6 is 39.1 Å². The first-order chi connectivity index (χ1) is 14.9. The number of hydrazone groups is 1. The van der Waals surface area contributed by atoms with Crippen LogP contribution in [-0.2, 0) is 16.2 Å². The Morgan fingerprint density at radius 3 is 2.48 bits per heavy atom. The van der Waals surface area contributed by atoms with Gasteiger partial charge < -0.3 is 10.1 Å². The quantitative estimate of drug-likeness (QED) is 0.258. The van der Waals surface area contributed by atoms with E-state index in [9.17, 15) is 9.59 Å². The van der Waals surface area contributed by atoms with E-state index < -0.39 is 11.8 Å². The van der Waals surface area contributed by atoms with Gasteiger partial charge in [0, 0.05) is 10.0 Å². The largest absolute Gasteiger partial charge is 0.488 e. The molecule has 2 amide bonds. The van der Waals surface area contributed by atoms with Crippen LogP contribution in [0.25, 0.3) is 0 Å². The number of halogens is 3. The number of ether oxygens (including phenoxy) is 1. The normalized spacial score (nSPS) is 10.7. The highest BCUT2D eigenvalue weighted by Gasteiger charge is 2.15. The minimum Gasteiger partial charge on any atom is -0.488 e. The van der Waals surface area contributed by atoms with Crippen molar-refractivity contribution in [2.45, 2.75) is 6.61 Å².